The molecule has 1 aliphatic rings. The summed E-state index contributed by atoms with van der Waals surface area (Å²) in [6, 6.07) is 9.37. The fraction of sp³-hybridized carbons (Fsp3) is 0.312. The normalized spacial score (nSPS) is 17.8. The third kappa shape index (κ3) is 2.91. The number of nitrogens with one attached hydrogen (secondary N) is 1. The molecule has 104 valence electrons. The van der Waals surface area contributed by atoms with E-state index in [1.54, 1.807) is 6.07 Å². The van der Waals surface area contributed by atoms with Crippen LogP contribution in [0.4, 0.5) is 4.39 Å². The lowest BCUT2D eigenvalue weighted by atomic mass is 9.92. The highest BCUT2D eigenvalue weighted by Gasteiger charge is 2.20. The maximum Gasteiger partial charge on any atom is 0.127 e. The molecule has 2 aromatic rings. The standard InChI is InChI=1S/C16H16BrFN2/c17-13-6-7-14(18)12(9-13)10-20-15-5-1-3-11-4-2-8-19-16(11)15/h2,4,6-9,15,20H,1,3,5,10H2. The Labute approximate surface area is 126 Å². The van der Waals surface area contributed by atoms with Crippen molar-refractivity contribution in [2.24, 2.45) is 0 Å². The number of benzene rings is 1. The van der Waals surface area contributed by atoms with E-state index in [1.807, 2.05) is 18.3 Å². The quantitative estimate of drug-likeness (QED) is 0.911. The van der Waals surface area contributed by atoms with Crippen molar-refractivity contribution in [3.63, 3.8) is 0 Å². The zero-order valence-electron chi connectivity index (χ0n) is 11.1. The zero-order chi connectivity index (χ0) is 13.9. The Morgan fingerprint density at radius 1 is 1.35 bits per heavy atom. The second kappa shape index (κ2) is 6.02. The highest BCUT2D eigenvalue weighted by Crippen LogP contribution is 2.28. The number of aryl methyl sites for hydroxylation is 1. The second-order valence-electron chi connectivity index (χ2n) is 5.11. The van der Waals surface area contributed by atoms with E-state index in [-0.39, 0.29) is 11.9 Å². The van der Waals surface area contributed by atoms with Gasteiger partial charge >= 0.3 is 0 Å². The first kappa shape index (κ1) is 13.7. The van der Waals surface area contributed by atoms with Gasteiger partial charge in [0.2, 0.25) is 0 Å². The molecule has 0 spiro atoms. The first-order valence-electron chi connectivity index (χ1n) is 6.85. The van der Waals surface area contributed by atoms with Crippen molar-refractivity contribution in [3.8, 4) is 0 Å². The molecule has 20 heavy (non-hydrogen) atoms. The number of rotatable bonds is 3. The van der Waals surface area contributed by atoms with E-state index in [9.17, 15) is 4.39 Å². The van der Waals surface area contributed by atoms with Gasteiger partial charge in [0.05, 0.1) is 11.7 Å². The molecule has 3 rings (SSSR count). The SMILES string of the molecule is Fc1ccc(Br)cc1CNC1CCCc2cccnc21. The minimum absolute atomic E-state index is 0.169. The van der Waals surface area contributed by atoms with Crippen LogP contribution in [0.5, 0.6) is 0 Å². The summed E-state index contributed by atoms with van der Waals surface area (Å²) >= 11 is 3.38. The van der Waals surface area contributed by atoms with Crippen molar-refractivity contribution >= 4 is 15.9 Å². The average Bonchev–Trinajstić information content (AvgIpc) is 2.48. The summed E-state index contributed by atoms with van der Waals surface area (Å²) in [5, 5.41) is 3.44. The summed E-state index contributed by atoms with van der Waals surface area (Å²) in [6.45, 7) is 0.520. The van der Waals surface area contributed by atoms with E-state index in [0.717, 1.165) is 29.4 Å². The van der Waals surface area contributed by atoms with Gasteiger partial charge in [0.25, 0.3) is 0 Å². The lowest BCUT2D eigenvalue weighted by Crippen LogP contribution is -2.26. The molecule has 0 aliphatic heterocycles. The van der Waals surface area contributed by atoms with Crippen LogP contribution < -0.4 is 5.32 Å². The predicted molar refractivity (Wildman–Crippen MR) is 80.9 cm³/mol. The smallest absolute Gasteiger partial charge is 0.127 e. The molecule has 1 aromatic carbocycles. The average molecular weight is 335 g/mol. The Morgan fingerprint density at radius 3 is 3.15 bits per heavy atom. The molecular weight excluding hydrogens is 319 g/mol. The molecule has 1 aliphatic carbocycles. The predicted octanol–water partition coefficient (Wildman–Crippen LogP) is 4.15. The molecule has 4 heteroatoms. The Morgan fingerprint density at radius 2 is 2.25 bits per heavy atom. The van der Waals surface area contributed by atoms with Crippen LogP contribution in [0.15, 0.2) is 41.0 Å². The number of hydrogen-bond donors (Lipinski definition) is 1. The number of halogens is 2. The minimum atomic E-state index is -0.169. The van der Waals surface area contributed by atoms with Crippen LogP contribution in [-0.2, 0) is 13.0 Å². The molecule has 2 nitrogen and oxygen atoms in total. The number of nitrogens with zero attached hydrogens (tertiary/aromatic N) is 1. The van der Waals surface area contributed by atoms with E-state index in [0.29, 0.717) is 12.1 Å². The lowest BCUT2D eigenvalue weighted by molar-refractivity contribution is 0.442. The summed E-state index contributed by atoms with van der Waals surface area (Å²) < 4.78 is 14.6. The third-order valence-electron chi connectivity index (χ3n) is 3.74. The van der Waals surface area contributed by atoms with Gasteiger partial charge in [-0.15, -0.1) is 0 Å². The first-order chi connectivity index (χ1) is 9.74. The maximum atomic E-state index is 13.7. The molecule has 1 atom stereocenters. The van der Waals surface area contributed by atoms with E-state index >= 15 is 0 Å². The van der Waals surface area contributed by atoms with Crippen molar-refractivity contribution in [2.45, 2.75) is 31.8 Å². The number of aromatic nitrogens is 1. The molecular formula is C16H16BrFN2. The number of fused-ring (bicyclic) bond motifs is 1. The van der Waals surface area contributed by atoms with Crippen LogP contribution in [0.2, 0.25) is 0 Å². The fourth-order valence-electron chi connectivity index (χ4n) is 2.72. The van der Waals surface area contributed by atoms with Gasteiger partial charge in [-0.1, -0.05) is 22.0 Å². The van der Waals surface area contributed by atoms with E-state index in [1.165, 1.54) is 11.6 Å². The largest absolute Gasteiger partial charge is 0.304 e. The molecule has 1 N–H and O–H groups in total. The summed E-state index contributed by atoms with van der Waals surface area (Å²) in [4.78, 5) is 4.49. The van der Waals surface area contributed by atoms with Crippen molar-refractivity contribution < 1.29 is 4.39 Å². The van der Waals surface area contributed by atoms with Gasteiger partial charge in [0.15, 0.2) is 0 Å². The fourth-order valence-corrected chi connectivity index (χ4v) is 3.13. The molecule has 1 aromatic heterocycles. The molecule has 0 amide bonds. The van der Waals surface area contributed by atoms with Crippen LogP contribution in [0.25, 0.3) is 0 Å². The second-order valence-corrected chi connectivity index (χ2v) is 6.02. The Balaban J connectivity index is 1.75. The molecule has 0 radical (unpaired) electrons. The Kier molecular flexibility index (Phi) is 4.13. The summed E-state index contributed by atoms with van der Waals surface area (Å²) in [7, 11) is 0. The van der Waals surface area contributed by atoms with Gasteiger partial charge in [-0.05, 0) is 49.1 Å². The molecule has 1 heterocycles. The highest BCUT2D eigenvalue weighted by molar-refractivity contribution is 9.10. The van der Waals surface area contributed by atoms with E-state index < -0.39 is 0 Å². The van der Waals surface area contributed by atoms with Crippen LogP contribution in [-0.4, -0.2) is 4.98 Å². The topological polar surface area (TPSA) is 24.9 Å². The van der Waals surface area contributed by atoms with Crippen LogP contribution in [0.1, 0.15) is 35.7 Å². The zero-order valence-corrected chi connectivity index (χ0v) is 12.7. The monoisotopic (exact) mass is 334 g/mol. The summed E-state index contributed by atoms with van der Waals surface area (Å²) in [5.41, 5.74) is 3.11. The van der Waals surface area contributed by atoms with Gasteiger partial charge in [0, 0.05) is 22.8 Å². The molecule has 1 unspecified atom stereocenters. The summed E-state index contributed by atoms with van der Waals surface area (Å²) in [5.74, 6) is -0.169. The van der Waals surface area contributed by atoms with E-state index in [4.69, 9.17) is 0 Å². The summed E-state index contributed by atoms with van der Waals surface area (Å²) in [6.07, 6.45) is 5.13. The maximum absolute atomic E-state index is 13.7. The molecule has 0 saturated heterocycles. The molecule has 0 saturated carbocycles. The number of hydrogen-bond acceptors (Lipinski definition) is 2. The first-order valence-corrected chi connectivity index (χ1v) is 7.64. The van der Waals surface area contributed by atoms with Gasteiger partial charge in [-0.2, -0.15) is 0 Å². The van der Waals surface area contributed by atoms with Crippen molar-refractivity contribution in [2.75, 3.05) is 0 Å². The Hall–Kier alpha value is -1.26. The van der Waals surface area contributed by atoms with Crippen molar-refractivity contribution in [1.82, 2.24) is 10.3 Å². The third-order valence-corrected chi connectivity index (χ3v) is 4.24. The van der Waals surface area contributed by atoms with Gasteiger partial charge < -0.3 is 5.32 Å². The number of pyridine rings is 1. The highest BCUT2D eigenvalue weighted by atomic mass is 79.9. The lowest BCUT2D eigenvalue weighted by Gasteiger charge is -2.25. The van der Waals surface area contributed by atoms with Crippen molar-refractivity contribution in [3.05, 3.63) is 63.6 Å². The van der Waals surface area contributed by atoms with Crippen LogP contribution in [0, 0.1) is 5.82 Å². The minimum Gasteiger partial charge on any atom is -0.304 e. The van der Waals surface area contributed by atoms with Gasteiger partial charge in [-0.25, -0.2) is 4.39 Å². The molecule has 0 fully saturated rings. The van der Waals surface area contributed by atoms with E-state index in [2.05, 4.69) is 32.3 Å². The van der Waals surface area contributed by atoms with Crippen LogP contribution in [0.3, 0.4) is 0 Å². The Bertz CT molecular complexity index is 615. The van der Waals surface area contributed by atoms with Crippen molar-refractivity contribution in [1.29, 1.82) is 0 Å². The van der Waals surface area contributed by atoms with Crippen LogP contribution >= 0.6 is 15.9 Å². The molecule has 0 bridgehead atoms. The van der Waals surface area contributed by atoms with Gasteiger partial charge in [0.1, 0.15) is 5.82 Å². The van der Waals surface area contributed by atoms with Gasteiger partial charge in [-0.3, -0.25) is 4.98 Å².